The normalized spacial score (nSPS) is 22.6. The zero-order valence-corrected chi connectivity index (χ0v) is 15.4. The van der Waals surface area contributed by atoms with Gasteiger partial charge in [0.05, 0.1) is 11.5 Å². The highest BCUT2D eigenvalue weighted by Crippen LogP contribution is 2.26. The van der Waals surface area contributed by atoms with Crippen LogP contribution < -0.4 is 0 Å². The third-order valence-corrected chi connectivity index (χ3v) is 7.18. The van der Waals surface area contributed by atoms with E-state index in [1.807, 2.05) is 35.0 Å². The first-order valence-electron chi connectivity index (χ1n) is 8.30. The van der Waals surface area contributed by atoms with Crippen LogP contribution in [0, 0.1) is 0 Å². The van der Waals surface area contributed by atoms with Crippen LogP contribution in [0.2, 0.25) is 5.02 Å². The number of fused-ring (bicyclic) bond motifs is 1. The summed E-state index contributed by atoms with van der Waals surface area (Å²) in [6, 6.07) is 5.88. The van der Waals surface area contributed by atoms with Gasteiger partial charge in [0, 0.05) is 37.1 Å². The Morgan fingerprint density at radius 2 is 2.21 bits per heavy atom. The smallest absolute Gasteiger partial charge is 0.224 e. The van der Waals surface area contributed by atoms with Crippen LogP contribution in [-0.4, -0.2) is 61.8 Å². The van der Waals surface area contributed by atoms with Crippen molar-refractivity contribution in [3.63, 3.8) is 0 Å². The number of hydrogen-bond acceptors (Lipinski definition) is 4. The molecule has 7 heteroatoms. The molecule has 0 unspecified atom stereocenters. The average Bonchev–Trinajstić information content (AvgIpc) is 2.92. The van der Waals surface area contributed by atoms with Crippen LogP contribution >= 0.6 is 11.6 Å². The predicted molar refractivity (Wildman–Crippen MR) is 94.9 cm³/mol. The number of amides is 1. The van der Waals surface area contributed by atoms with E-state index in [-0.39, 0.29) is 23.5 Å². The van der Waals surface area contributed by atoms with E-state index >= 15 is 0 Å². The zero-order chi connectivity index (χ0) is 17.3. The molecule has 0 aliphatic carbocycles. The van der Waals surface area contributed by atoms with Gasteiger partial charge in [0.2, 0.25) is 5.91 Å². The molecule has 0 bridgehead atoms. The third kappa shape index (κ3) is 3.92. The molecule has 5 nitrogen and oxygen atoms in total. The van der Waals surface area contributed by atoms with E-state index in [0.717, 1.165) is 22.6 Å². The molecule has 3 rings (SSSR count). The van der Waals surface area contributed by atoms with Crippen molar-refractivity contribution in [1.82, 2.24) is 9.80 Å². The molecule has 1 aromatic rings. The maximum atomic E-state index is 12.5. The van der Waals surface area contributed by atoms with Gasteiger partial charge in [-0.15, -0.1) is 0 Å². The summed E-state index contributed by atoms with van der Waals surface area (Å²) in [4.78, 5) is 16.4. The lowest BCUT2D eigenvalue weighted by atomic mass is 9.99. The molecule has 1 atom stereocenters. The van der Waals surface area contributed by atoms with E-state index < -0.39 is 9.84 Å². The van der Waals surface area contributed by atoms with Crippen molar-refractivity contribution < 1.29 is 13.2 Å². The Morgan fingerprint density at radius 3 is 2.92 bits per heavy atom. The van der Waals surface area contributed by atoms with Gasteiger partial charge < -0.3 is 9.80 Å². The molecule has 0 saturated carbocycles. The number of carbonyl (C=O) groups excluding carboxylic acids is 1. The van der Waals surface area contributed by atoms with Crippen LogP contribution in [0.25, 0.3) is 0 Å². The second-order valence-electron chi connectivity index (χ2n) is 6.73. The maximum absolute atomic E-state index is 12.5. The molecule has 0 spiro atoms. The topological polar surface area (TPSA) is 57.7 Å². The molecule has 2 aliphatic rings. The molecule has 1 aromatic carbocycles. The molecule has 24 heavy (non-hydrogen) atoms. The van der Waals surface area contributed by atoms with E-state index in [4.69, 9.17) is 11.6 Å². The van der Waals surface area contributed by atoms with Crippen LogP contribution in [0.15, 0.2) is 18.2 Å². The maximum Gasteiger partial charge on any atom is 0.224 e. The van der Waals surface area contributed by atoms with Gasteiger partial charge in [0.1, 0.15) is 0 Å². The average molecular weight is 371 g/mol. The molecule has 0 aromatic heterocycles. The summed E-state index contributed by atoms with van der Waals surface area (Å²) in [7, 11) is -0.980. The molecule has 1 amide bonds. The van der Waals surface area contributed by atoms with Crippen molar-refractivity contribution in [2.75, 3.05) is 31.6 Å². The summed E-state index contributed by atoms with van der Waals surface area (Å²) in [6.45, 7) is 1.89. The minimum Gasteiger partial charge on any atom is -0.338 e. The Bertz CT molecular complexity index is 735. The van der Waals surface area contributed by atoms with Gasteiger partial charge in [-0.05, 0) is 37.1 Å². The number of rotatable bonds is 4. The molecular formula is C17H23ClN2O3S. The van der Waals surface area contributed by atoms with Gasteiger partial charge in [-0.3, -0.25) is 4.79 Å². The lowest BCUT2D eigenvalue weighted by Gasteiger charge is -2.30. The Kier molecular flexibility index (Phi) is 5.18. The predicted octanol–water partition coefficient (Wildman–Crippen LogP) is 1.73. The highest BCUT2D eigenvalue weighted by atomic mass is 35.5. The molecule has 1 saturated heterocycles. The quantitative estimate of drug-likeness (QED) is 0.810. The monoisotopic (exact) mass is 370 g/mol. The Balaban J connectivity index is 1.53. The van der Waals surface area contributed by atoms with Crippen molar-refractivity contribution in [1.29, 1.82) is 0 Å². The second-order valence-corrected chi connectivity index (χ2v) is 9.37. The van der Waals surface area contributed by atoms with E-state index in [1.54, 1.807) is 0 Å². The minimum atomic E-state index is -2.89. The molecule has 2 heterocycles. The van der Waals surface area contributed by atoms with E-state index in [1.165, 1.54) is 0 Å². The lowest BCUT2D eigenvalue weighted by molar-refractivity contribution is -0.132. The first kappa shape index (κ1) is 17.7. The summed E-state index contributed by atoms with van der Waals surface area (Å²) in [6.07, 6.45) is 1.88. The highest BCUT2D eigenvalue weighted by molar-refractivity contribution is 7.91. The van der Waals surface area contributed by atoms with Crippen LogP contribution in [-0.2, 0) is 27.6 Å². The fourth-order valence-corrected chi connectivity index (χ4v) is 5.61. The number of nitrogens with zero attached hydrogens (tertiary/aromatic N) is 2. The van der Waals surface area contributed by atoms with Crippen molar-refractivity contribution >= 4 is 27.3 Å². The van der Waals surface area contributed by atoms with Crippen LogP contribution in [0.4, 0.5) is 0 Å². The van der Waals surface area contributed by atoms with Crippen molar-refractivity contribution in [3.05, 3.63) is 34.3 Å². The molecule has 132 valence electrons. The minimum absolute atomic E-state index is 0.0451. The van der Waals surface area contributed by atoms with Gasteiger partial charge in [0.25, 0.3) is 0 Å². The summed E-state index contributed by atoms with van der Waals surface area (Å²) in [5.41, 5.74) is 2.27. The molecule has 1 fully saturated rings. The molecule has 0 N–H and O–H groups in total. The van der Waals surface area contributed by atoms with E-state index in [0.29, 0.717) is 32.5 Å². The van der Waals surface area contributed by atoms with Crippen molar-refractivity contribution in [2.24, 2.45) is 0 Å². The first-order valence-corrected chi connectivity index (χ1v) is 10.5. The SMILES string of the molecule is CN(CCC(=O)N1CCc2c(Cl)cccc2C1)[C@H]1CCS(=O)(=O)C1. The Morgan fingerprint density at radius 1 is 1.42 bits per heavy atom. The fourth-order valence-electron chi connectivity index (χ4n) is 3.51. The fraction of sp³-hybridized carbons (Fsp3) is 0.588. The van der Waals surface area contributed by atoms with Crippen molar-refractivity contribution in [3.8, 4) is 0 Å². The van der Waals surface area contributed by atoms with Gasteiger partial charge in [-0.1, -0.05) is 23.7 Å². The van der Waals surface area contributed by atoms with Gasteiger partial charge >= 0.3 is 0 Å². The van der Waals surface area contributed by atoms with Gasteiger partial charge in [0.15, 0.2) is 9.84 Å². The van der Waals surface area contributed by atoms with Crippen molar-refractivity contribution in [2.45, 2.75) is 31.8 Å². The van der Waals surface area contributed by atoms with E-state index in [9.17, 15) is 13.2 Å². The molecular weight excluding hydrogens is 348 g/mol. The third-order valence-electron chi connectivity index (χ3n) is 5.07. The second kappa shape index (κ2) is 7.02. The highest BCUT2D eigenvalue weighted by Gasteiger charge is 2.31. The summed E-state index contributed by atoms with van der Waals surface area (Å²) in [5, 5.41) is 0.779. The van der Waals surface area contributed by atoms with Crippen LogP contribution in [0.1, 0.15) is 24.0 Å². The first-order chi connectivity index (χ1) is 11.4. The number of hydrogen-bond donors (Lipinski definition) is 0. The van der Waals surface area contributed by atoms with Gasteiger partial charge in [-0.25, -0.2) is 8.42 Å². The molecule has 0 radical (unpaired) electrons. The lowest BCUT2D eigenvalue weighted by Crippen LogP contribution is -2.39. The number of benzene rings is 1. The standard InChI is InChI=1S/C17H23ClN2O3S/c1-19(14-7-10-24(22,23)12-14)8-6-17(21)20-9-5-15-13(11-20)3-2-4-16(15)18/h2-4,14H,5-12H2,1H3/t14-/m0/s1. The Labute approximate surface area is 148 Å². The summed E-state index contributed by atoms with van der Waals surface area (Å²) in [5.74, 6) is 0.598. The zero-order valence-electron chi connectivity index (χ0n) is 13.9. The Hall–Kier alpha value is -1.11. The number of halogens is 1. The van der Waals surface area contributed by atoms with Gasteiger partial charge in [-0.2, -0.15) is 0 Å². The number of carbonyl (C=O) groups is 1. The van der Waals surface area contributed by atoms with Crippen LogP contribution in [0.5, 0.6) is 0 Å². The van der Waals surface area contributed by atoms with Crippen LogP contribution in [0.3, 0.4) is 0 Å². The number of sulfone groups is 1. The van der Waals surface area contributed by atoms with E-state index in [2.05, 4.69) is 0 Å². The summed E-state index contributed by atoms with van der Waals surface area (Å²) >= 11 is 6.21. The molecule has 2 aliphatic heterocycles. The summed E-state index contributed by atoms with van der Waals surface area (Å²) < 4.78 is 23.1. The largest absolute Gasteiger partial charge is 0.338 e.